The van der Waals surface area contributed by atoms with E-state index < -0.39 is 27.8 Å². The Morgan fingerprint density at radius 1 is 1.15 bits per heavy atom. The number of rotatable bonds is 3. The van der Waals surface area contributed by atoms with Gasteiger partial charge in [0, 0.05) is 17.3 Å². The van der Waals surface area contributed by atoms with Crippen molar-refractivity contribution in [1.29, 1.82) is 0 Å². The molecule has 2 heterocycles. The van der Waals surface area contributed by atoms with E-state index in [0.29, 0.717) is 17.2 Å². The molecule has 0 aliphatic carbocycles. The zero-order valence-corrected chi connectivity index (χ0v) is 15.2. The Morgan fingerprint density at radius 2 is 1.93 bits per heavy atom. The van der Waals surface area contributed by atoms with Crippen LogP contribution < -0.4 is 19.1 Å². The lowest BCUT2D eigenvalue weighted by molar-refractivity contribution is -0.119. The van der Waals surface area contributed by atoms with Crippen molar-refractivity contribution < 1.29 is 27.5 Å². The van der Waals surface area contributed by atoms with Gasteiger partial charge in [0.25, 0.3) is 5.91 Å². The summed E-state index contributed by atoms with van der Waals surface area (Å²) in [5.41, 5.74) is 0.892. The molecule has 0 bridgehead atoms. The van der Waals surface area contributed by atoms with Crippen LogP contribution in [-0.4, -0.2) is 32.8 Å². The first-order chi connectivity index (χ1) is 12.8. The van der Waals surface area contributed by atoms with Crippen LogP contribution in [0, 0.1) is 5.92 Å². The summed E-state index contributed by atoms with van der Waals surface area (Å²) in [6.45, 7) is 1.70. The fraction of sp³-hybridized carbons (Fsp3) is 0.222. The maximum Gasteiger partial charge on any atom is 0.255 e. The molecular formula is C18H16N2O6S. The van der Waals surface area contributed by atoms with Gasteiger partial charge in [-0.3, -0.25) is 9.59 Å². The van der Waals surface area contributed by atoms with Gasteiger partial charge in [0.1, 0.15) is 0 Å². The van der Waals surface area contributed by atoms with Gasteiger partial charge in [0.15, 0.2) is 11.5 Å². The van der Waals surface area contributed by atoms with Gasteiger partial charge >= 0.3 is 0 Å². The molecule has 1 fully saturated rings. The largest absolute Gasteiger partial charge is 0.454 e. The Kier molecular flexibility index (Phi) is 4.03. The molecule has 0 aromatic heterocycles. The molecule has 0 spiro atoms. The van der Waals surface area contributed by atoms with Crippen LogP contribution in [0.15, 0.2) is 42.5 Å². The second-order valence-electron chi connectivity index (χ2n) is 6.35. The van der Waals surface area contributed by atoms with E-state index in [9.17, 15) is 18.0 Å². The van der Waals surface area contributed by atoms with Gasteiger partial charge in [-0.05, 0) is 30.3 Å². The lowest BCUT2D eigenvalue weighted by atomic mass is 10.1. The number of fused-ring (bicyclic) bond motifs is 1. The average molecular weight is 388 g/mol. The second kappa shape index (κ2) is 6.27. The van der Waals surface area contributed by atoms with E-state index >= 15 is 0 Å². The third-order valence-corrected chi connectivity index (χ3v) is 6.20. The SMILES string of the molecule is CC1CS(=O)(=O)N(c2cccc(C(=O)Nc3ccc4c(c3)OCO4)c2)C1=O. The first-order valence-electron chi connectivity index (χ1n) is 8.23. The summed E-state index contributed by atoms with van der Waals surface area (Å²) in [5, 5.41) is 2.72. The number of hydrogen-bond donors (Lipinski definition) is 1. The number of sulfonamides is 1. The van der Waals surface area contributed by atoms with Gasteiger partial charge in [-0.15, -0.1) is 0 Å². The molecule has 2 amide bonds. The number of amides is 2. The van der Waals surface area contributed by atoms with Crippen LogP contribution in [0.3, 0.4) is 0 Å². The minimum atomic E-state index is -3.73. The Hall–Kier alpha value is -3.07. The molecule has 2 aliphatic rings. The quantitative estimate of drug-likeness (QED) is 0.863. The molecular weight excluding hydrogens is 372 g/mol. The van der Waals surface area contributed by atoms with Crippen molar-refractivity contribution in [3.8, 4) is 11.5 Å². The van der Waals surface area contributed by atoms with E-state index in [1.807, 2.05) is 0 Å². The highest BCUT2D eigenvalue weighted by Crippen LogP contribution is 2.34. The lowest BCUT2D eigenvalue weighted by Gasteiger charge is -2.16. The first kappa shape index (κ1) is 17.3. The Bertz CT molecular complexity index is 1050. The van der Waals surface area contributed by atoms with Crippen molar-refractivity contribution in [2.24, 2.45) is 5.92 Å². The summed E-state index contributed by atoms with van der Waals surface area (Å²) >= 11 is 0. The van der Waals surface area contributed by atoms with Crippen molar-refractivity contribution in [1.82, 2.24) is 0 Å². The Balaban J connectivity index is 1.59. The maximum atomic E-state index is 12.6. The van der Waals surface area contributed by atoms with Gasteiger partial charge in [-0.1, -0.05) is 13.0 Å². The minimum absolute atomic E-state index is 0.130. The molecule has 0 saturated carbocycles. The molecule has 2 aromatic rings. The van der Waals surface area contributed by atoms with E-state index in [1.54, 1.807) is 31.2 Å². The number of nitrogens with zero attached hydrogens (tertiary/aromatic N) is 1. The number of anilines is 2. The smallest absolute Gasteiger partial charge is 0.255 e. The van der Waals surface area contributed by atoms with Crippen LogP contribution in [0.1, 0.15) is 17.3 Å². The van der Waals surface area contributed by atoms with Crippen molar-refractivity contribution in [2.75, 3.05) is 22.2 Å². The summed E-state index contributed by atoms with van der Waals surface area (Å²) in [5.74, 6) is -0.650. The monoisotopic (exact) mass is 388 g/mol. The second-order valence-corrected chi connectivity index (χ2v) is 8.22. The van der Waals surface area contributed by atoms with Crippen LogP contribution in [0.2, 0.25) is 0 Å². The third-order valence-electron chi connectivity index (χ3n) is 4.33. The summed E-state index contributed by atoms with van der Waals surface area (Å²) in [4.78, 5) is 24.8. The molecule has 1 unspecified atom stereocenters. The van der Waals surface area contributed by atoms with Crippen LogP contribution in [0.4, 0.5) is 11.4 Å². The molecule has 0 radical (unpaired) electrons. The minimum Gasteiger partial charge on any atom is -0.454 e. The van der Waals surface area contributed by atoms with Gasteiger partial charge in [0.2, 0.25) is 22.7 Å². The number of carbonyl (C=O) groups excluding carboxylic acids is 2. The van der Waals surface area contributed by atoms with E-state index in [-0.39, 0.29) is 23.8 Å². The Morgan fingerprint density at radius 3 is 2.67 bits per heavy atom. The summed E-state index contributed by atoms with van der Waals surface area (Å²) in [6, 6.07) is 11.0. The van der Waals surface area contributed by atoms with Gasteiger partial charge < -0.3 is 14.8 Å². The van der Waals surface area contributed by atoms with E-state index in [0.717, 1.165) is 4.31 Å². The fourth-order valence-corrected chi connectivity index (χ4v) is 4.85. The topological polar surface area (TPSA) is 102 Å². The first-order valence-corrected chi connectivity index (χ1v) is 9.84. The highest BCUT2D eigenvalue weighted by Gasteiger charge is 2.42. The molecule has 140 valence electrons. The van der Waals surface area contributed by atoms with E-state index in [4.69, 9.17) is 9.47 Å². The van der Waals surface area contributed by atoms with E-state index in [2.05, 4.69) is 5.32 Å². The van der Waals surface area contributed by atoms with E-state index in [1.165, 1.54) is 18.2 Å². The fourth-order valence-electron chi connectivity index (χ4n) is 3.04. The molecule has 2 aliphatic heterocycles. The lowest BCUT2D eigenvalue weighted by Crippen LogP contribution is -2.30. The molecule has 1 N–H and O–H groups in total. The van der Waals surface area contributed by atoms with Crippen molar-refractivity contribution in [3.05, 3.63) is 48.0 Å². The zero-order chi connectivity index (χ0) is 19.2. The molecule has 8 nitrogen and oxygen atoms in total. The van der Waals surface area contributed by atoms with Crippen LogP contribution in [0.25, 0.3) is 0 Å². The van der Waals surface area contributed by atoms with Crippen LogP contribution in [0.5, 0.6) is 11.5 Å². The Labute approximate surface area is 155 Å². The highest BCUT2D eigenvalue weighted by molar-refractivity contribution is 7.94. The van der Waals surface area contributed by atoms with Crippen molar-refractivity contribution in [3.63, 3.8) is 0 Å². The highest BCUT2D eigenvalue weighted by atomic mass is 32.2. The molecule has 1 atom stereocenters. The molecule has 27 heavy (non-hydrogen) atoms. The summed E-state index contributed by atoms with van der Waals surface area (Å²) < 4.78 is 35.8. The number of nitrogens with one attached hydrogen (secondary N) is 1. The number of hydrogen-bond acceptors (Lipinski definition) is 6. The molecule has 9 heteroatoms. The van der Waals surface area contributed by atoms with Gasteiger partial charge in [-0.25, -0.2) is 12.7 Å². The standard InChI is InChI=1S/C18H16N2O6S/c1-11-9-27(23,24)20(18(11)22)14-4-2-3-12(7-14)17(21)19-13-5-6-15-16(8-13)26-10-25-15/h2-8,11H,9-10H2,1H3,(H,19,21). The summed E-state index contributed by atoms with van der Waals surface area (Å²) in [6.07, 6.45) is 0. The normalized spacial score (nSPS) is 20.0. The maximum absolute atomic E-state index is 12.6. The van der Waals surface area contributed by atoms with Crippen molar-refractivity contribution in [2.45, 2.75) is 6.92 Å². The van der Waals surface area contributed by atoms with Gasteiger partial charge in [-0.2, -0.15) is 0 Å². The zero-order valence-electron chi connectivity index (χ0n) is 14.3. The predicted molar refractivity (Wildman–Crippen MR) is 97.4 cm³/mol. The number of benzene rings is 2. The summed E-state index contributed by atoms with van der Waals surface area (Å²) in [7, 11) is -3.73. The van der Waals surface area contributed by atoms with Crippen LogP contribution in [-0.2, 0) is 14.8 Å². The molecule has 2 aromatic carbocycles. The average Bonchev–Trinajstić information content (AvgIpc) is 3.16. The number of ether oxygens (including phenoxy) is 2. The van der Waals surface area contributed by atoms with Crippen LogP contribution >= 0.6 is 0 Å². The van der Waals surface area contributed by atoms with Gasteiger partial charge in [0.05, 0.1) is 17.4 Å². The molecule has 1 saturated heterocycles. The number of carbonyl (C=O) groups is 2. The predicted octanol–water partition coefficient (Wildman–Crippen LogP) is 1.98. The van der Waals surface area contributed by atoms with Crippen molar-refractivity contribution >= 4 is 33.2 Å². The molecule has 4 rings (SSSR count). The third kappa shape index (κ3) is 3.10.